The summed E-state index contributed by atoms with van der Waals surface area (Å²) in [6.45, 7) is 0. The second kappa shape index (κ2) is 7.22. The molecule has 3 rings (SSSR count). The molecule has 0 saturated heterocycles. The van der Waals surface area contributed by atoms with Crippen LogP contribution in [0.2, 0.25) is 5.02 Å². The van der Waals surface area contributed by atoms with Gasteiger partial charge in [0.2, 0.25) is 5.91 Å². The van der Waals surface area contributed by atoms with Gasteiger partial charge in [0.15, 0.2) is 0 Å². The zero-order valence-electron chi connectivity index (χ0n) is 12.1. The van der Waals surface area contributed by atoms with E-state index < -0.39 is 0 Å². The summed E-state index contributed by atoms with van der Waals surface area (Å²) in [6.07, 6.45) is 0.328. The molecule has 0 radical (unpaired) electrons. The van der Waals surface area contributed by atoms with Crippen LogP contribution in [0.15, 0.2) is 52.4 Å². The van der Waals surface area contributed by atoms with Crippen molar-refractivity contribution in [2.24, 2.45) is 0 Å². The zero-order valence-corrected chi connectivity index (χ0v) is 14.5. The largest absolute Gasteiger partial charge is 0.320 e. The average molecular weight is 361 g/mol. The summed E-state index contributed by atoms with van der Waals surface area (Å²) in [6, 6.07) is 13.8. The number of thiophene rings is 1. The van der Waals surface area contributed by atoms with Gasteiger partial charge in [0.25, 0.3) is 0 Å². The number of amides is 1. The smallest absolute Gasteiger partial charge is 0.225 e. The van der Waals surface area contributed by atoms with Crippen LogP contribution in [0.5, 0.6) is 0 Å². The van der Waals surface area contributed by atoms with Gasteiger partial charge in [-0.2, -0.15) is 5.26 Å². The van der Waals surface area contributed by atoms with Crippen molar-refractivity contribution in [2.45, 2.75) is 18.1 Å². The van der Waals surface area contributed by atoms with E-state index in [1.54, 1.807) is 11.3 Å². The fourth-order valence-electron chi connectivity index (χ4n) is 2.40. The standard InChI is InChI=1S/C17H13ClN2OS2/c18-12-5-3-11(4-6-12)10-23-17-14(9-19)13(8-16(21)20-17)15-2-1-7-22-15/h1-7,13H,8,10H2,(H,20,21)/t13-/m1/s1. The molecule has 1 atom stereocenters. The van der Waals surface area contributed by atoms with E-state index in [4.69, 9.17) is 11.6 Å². The Balaban J connectivity index is 1.83. The molecule has 1 N–H and O–H groups in total. The summed E-state index contributed by atoms with van der Waals surface area (Å²) >= 11 is 8.95. The first-order valence-electron chi connectivity index (χ1n) is 7.02. The number of rotatable bonds is 4. The Labute approximate surface area is 148 Å². The highest BCUT2D eigenvalue weighted by molar-refractivity contribution is 8.02. The monoisotopic (exact) mass is 360 g/mol. The number of nitrogens with zero attached hydrogens (tertiary/aromatic N) is 1. The molecule has 0 bridgehead atoms. The zero-order chi connectivity index (χ0) is 16.2. The van der Waals surface area contributed by atoms with Crippen molar-refractivity contribution in [1.29, 1.82) is 5.26 Å². The molecule has 0 spiro atoms. The van der Waals surface area contributed by atoms with Crippen molar-refractivity contribution in [1.82, 2.24) is 5.32 Å². The Morgan fingerprint density at radius 3 is 2.78 bits per heavy atom. The molecule has 3 nitrogen and oxygen atoms in total. The van der Waals surface area contributed by atoms with Gasteiger partial charge < -0.3 is 5.32 Å². The van der Waals surface area contributed by atoms with E-state index in [1.165, 1.54) is 11.8 Å². The first kappa shape index (κ1) is 16.1. The minimum atomic E-state index is -0.138. The van der Waals surface area contributed by atoms with Gasteiger partial charge in [-0.05, 0) is 29.1 Å². The van der Waals surface area contributed by atoms with E-state index in [2.05, 4.69) is 11.4 Å². The Bertz CT molecular complexity index is 776. The molecular weight excluding hydrogens is 348 g/mol. The van der Waals surface area contributed by atoms with Crippen molar-refractivity contribution in [2.75, 3.05) is 0 Å². The molecule has 1 aromatic heterocycles. The summed E-state index contributed by atoms with van der Waals surface area (Å²) in [7, 11) is 0. The SMILES string of the molecule is N#CC1=C(SCc2ccc(Cl)cc2)NC(=O)C[C@H]1c1cccs1. The van der Waals surface area contributed by atoms with Crippen LogP contribution in [0.4, 0.5) is 0 Å². The highest BCUT2D eigenvalue weighted by atomic mass is 35.5. The number of carbonyl (C=O) groups is 1. The van der Waals surface area contributed by atoms with Crippen molar-refractivity contribution in [3.05, 3.63) is 67.8 Å². The molecule has 0 aliphatic carbocycles. The van der Waals surface area contributed by atoms with Crippen LogP contribution in [0, 0.1) is 11.3 Å². The number of hydrogen-bond donors (Lipinski definition) is 1. The first-order valence-corrected chi connectivity index (χ1v) is 9.26. The number of thioether (sulfide) groups is 1. The molecule has 116 valence electrons. The molecule has 1 aliphatic heterocycles. The number of hydrogen-bond acceptors (Lipinski definition) is 4. The van der Waals surface area contributed by atoms with Crippen molar-refractivity contribution in [3.63, 3.8) is 0 Å². The van der Waals surface area contributed by atoms with Gasteiger partial charge in [0.05, 0.1) is 16.7 Å². The molecule has 1 aromatic carbocycles. The predicted octanol–water partition coefficient (Wildman–Crippen LogP) is 4.67. The van der Waals surface area contributed by atoms with E-state index in [0.29, 0.717) is 27.8 Å². The number of allylic oxidation sites excluding steroid dienone is 1. The van der Waals surface area contributed by atoms with Crippen LogP contribution >= 0.6 is 34.7 Å². The van der Waals surface area contributed by atoms with Gasteiger partial charge in [-0.25, -0.2) is 0 Å². The normalized spacial score (nSPS) is 17.7. The molecule has 1 amide bonds. The van der Waals surface area contributed by atoms with Gasteiger partial charge in [0, 0.05) is 28.0 Å². The number of carbonyl (C=O) groups excluding carboxylic acids is 1. The highest BCUT2D eigenvalue weighted by Gasteiger charge is 2.30. The maximum atomic E-state index is 12.0. The summed E-state index contributed by atoms with van der Waals surface area (Å²) in [4.78, 5) is 13.1. The summed E-state index contributed by atoms with van der Waals surface area (Å²) in [5.41, 5.74) is 1.74. The lowest BCUT2D eigenvalue weighted by molar-refractivity contribution is -0.120. The minimum Gasteiger partial charge on any atom is -0.320 e. The lowest BCUT2D eigenvalue weighted by atomic mass is 9.93. The molecule has 2 heterocycles. The van der Waals surface area contributed by atoms with Crippen LogP contribution in [0.3, 0.4) is 0 Å². The second-order valence-corrected chi connectivity index (χ2v) is 7.49. The van der Waals surface area contributed by atoms with Gasteiger partial charge in [-0.3, -0.25) is 4.79 Å². The lowest BCUT2D eigenvalue weighted by Gasteiger charge is -2.24. The van der Waals surface area contributed by atoms with Crippen LogP contribution in [0.1, 0.15) is 22.8 Å². The first-order chi connectivity index (χ1) is 11.2. The third-order valence-corrected chi connectivity index (χ3v) is 5.87. The topological polar surface area (TPSA) is 52.9 Å². The van der Waals surface area contributed by atoms with E-state index in [-0.39, 0.29) is 11.8 Å². The third kappa shape index (κ3) is 3.78. The van der Waals surface area contributed by atoms with Crippen molar-refractivity contribution in [3.8, 4) is 6.07 Å². The number of nitriles is 1. The van der Waals surface area contributed by atoms with Crippen LogP contribution in [-0.2, 0) is 10.5 Å². The van der Waals surface area contributed by atoms with E-state index >= 15 is 0 Å². The maximum Gasteiger partial charge on any atom is 0.225 e. The van der Waals surface area contributed by atoms with Gasteiger partial charge in [-0.1, -0.05) is 29.8 Å². The van der Waals surface area contributed by atoms with Crippen molar-refractivity contribution < 1.29 is 4.79 Å². The summed E-state index contributed by atoms with van der Waals surface area (Å²) in [5, 5.41) is 15.7. The number of halogens is 1. The number of nitrogens with one attached hydrogen (secondary N) is 1. The predicted molar refractivity (Wildman–Crippen MR) is 95.2 cm³/mol. The van der Waals surface area contributed by atoms with Gasteiger partial charge >= 0.3 is 0 Å². The van der Waals surface area contributed by atoms with Gasteiger partial charge in [0.1, 0.15) is 0 Å². The van der Waals surface area contributed by atoms with Crippen LogP contribution < -0.4 is 5.32 Å². The minimum absolute atomic E-state index is 0.0407. The Morgan fingerprint density at radius 2 is 2.13 bits per heavy atom. The molecule has 0 saturated carbocycles. The second-order valence-electron chi connectivity index (χ2n) is 5.09. The Hall–Kier alpha value is -1.74. The van der Waals surface area contributed by atoms with Gasteiger partial charge in [-0.15, -0.1) is 23.1 Å². The molecule has 6 heteroatoms. The quantitative estimate of drug-likeness (QED) is 0.861. The number of benzene rings is 1. The Morgan fingerprint density at radius 1 is 1.35 bits per heavy atom. The molecule has 23 heavy (non-hydrogen) atoms. The summed E-state index contributed by atoms with van der Waals surface area (Å²) < 4.78 is 0. The molecule has 2 aromatic rings. The lowest BCUT2D eigenvalue weighted by Crippen LogP contribution is -2.30. The average Bonchev–Trinajstić information content (AvgIpc) is 3.08. The van der Waals surface area contributed by atoms with Crippen LogP contribution in [-0.4, -0.2) is 5.91 Å². The van der Waals surface area contributed by atoms with Crippen LogP contribution in [0.25, 0.3) is 0 Å². The third-order valence-electron chi connectivity index (χ3n) is 3.54. The fraction of sp³-hybridized carbons (Fsp3) is 0.176. The fourth-order valence-corrected chi connectivity index (χ4v) is 4.40. The van der Waals surface area contributed by atoms with E-state index in [0.717, 1.165) is 10.4 Å². The molecular formula is C17H13ClN2OS2. The molecule has 0 fully saturated rings. The molecule has 0 unspecified atom stereocenters. The van der Waals surface area contributed by atoms with E-state index in [1.807, 2.05) is 41.8 Å². The van der Waals surface area contributed by atoms with E-state index in [9.17, 15) is 10.1 Å². The summed E-state index contributed by atoms with van der Waals surface area (Å²) in [5.74, 6) is 0.497. The Kier molecular flexibility index (Phi) is 5.06. The van der Waals surface area contributed by atoms with Crippen molar-refractivity contribution >= 4 is 40.6 Å². The molecule has 1 aliphatic rings. The maximum absolute atomic E-state index is 12.0. The highest BCUT2D eigenvalue weighted by Crippen LogP contribution is 2.38.